The van der Waals surface area contributed by atoms with E-state index in [9.17, 15) is 8.42 Å². The lowest BCUT2D eigenvalue weighted by molar-refractivity contribution is 0.290. The molecule has 5 nitrogen and oxygen atoms in total. The van der Waals surface area contributed by atoms with E-state index >= 15 is 0 Å². The number of nitrogens with one attached hydrogen (secondary N) is 2. The van der Waals surface area contributed by atoms with Gasteiger partial charge in [0.25, 0.3) is 0 Å². The van der Waals surface area contributed by atoms with Gasteiger partial charge in [0.2, 0.25) is 10.0 Å². The summed E-state index contributed by atoms with van der Waals surface area (Å²) in [4.78, 5) is 0.243. The molecule has 3 aromatic carbocycles. The second-order valence-electron chi connectivity index (χ2n) is 9.59. The van der Waals surface area contributed by atoms with Crippen LogP contribution in [0.3, 0.4) is 0 Å². The van der Waals surface area contributed by atoms with Gasteiger partial charge in [-0.05, 0) is 35.6 Å². The minimum atomic E-state index is -3.77. The van der Waals surface area contributed by atoms with E-state index in [2.05, 4.69) is 30.8 Å². The van der Waals surface area contributed by atoms with Crippen LogP contribution < -0.4 is 15.8 Å². The van der Waals surface area contributed by atoms with Crippen LogP contribution in [0.25, 0.3) is 0 Å². The van der Waals surface area contributed by atoms with Gasteiger partial charge >= 0.3 is 0 Å². The molecule has 3 atom stereocenters. The van der Waals surface area contributed by atoms with E-state index in [1.54, 1.807) is 24.3 Å². The standard InChI is InChI=1S/C27H35N3O2S/c1-20-15-17-23(18-16-20)33(31,32)30-26(22-13-9-6-10-14-22)25(21-11-7-5-8-12-21)29-19-24(28)27(2,3)4/h5-18,24-26,29-30H,19,28H2,1-4H3/t24-,25-,26-/m0/s1. The van der Waals surface area contributed by atoms with Gasteiger partial charge in [0, 0.05) is 12.6 Å². The highest BCUT2D eigenvalue weighted by atomic mass is 32.2. The van der Waals surface area contributed by atoms with Crippen LogP contribution in [0.1, 0.15) is 49.5 Å². The highest BCUT2D eigenvalue weighted by Crippen LogP contribution is 2.31. The highest BCUT2D eigenvalue weighted by Gasteiger charge is 2.31. The van der Waals surface area contributed by atoms with Crippen molar-refractivity contribution in [2.45, 2.75) is 50.7 Å². The molecule has 0 unspecified atom stereocenters. The summed E-state index contributed by atoms with van der Waals surface area (Å²) in [6.45, 7) is 8.78. The molecule has 0 aliphatic rings. The Bertz CT molecular complexity index is 1110. The molecule has 0 aliphatic heterocycles. The molecule has 0 spiro atoms. The third kappa shape index (κ3) is 6.74. The minimum Gasteiger partial charge on any atom is -0.326 e. The van der Waals surface area contributed by atoms with Gasteiger partial charge in [-0.2, -0.15) is 0 Å². The van der Waals surface area contributed by atoms with Crippen LogP contribution in [-0.2, 0) is 10.0 Å². The average molecular weight is 466 g/mol. The van der Waals surface area contributed by atoms with Crippen molar-refractivity contribution in [1.82, 2.24) is 10.0 Å². The number of sulfonamides is 1. The zero-order chi connectivity index (χ0) is 24.1. The van der Waals surface area contributed by atoms with Crippen molar-refractivity contribution in [3.63, 3.8) is 0 Å². The summed E-state index contributed by atoms with van der Waals surface area (Å²) in [5.41, 5.74) is 9.23. The Hall–Kier alpha value is -2.51. The van der Waals surface area contributed by atoms with Gasteiger partial charge in [0.15, 0.2) is 0 Å². The highest BCUT2D eigenvalue weighted by molar-refractivity contribution is 7.89. The molecular formula is C27H35N3O2S. The van der Waals surface area contributed by atoms with Crippen LogP contribution in [0.4, 0.5) is 0 Å². The molecular weight excluding hydrogens is 430 g/mol. The van der Waals surface area contributed by atoms with E-state index in [-0.39, 0.29) is 22.4 Å². The molecule has 176 valence electrons. The molecule has 0 bridgehead atoms. The molecule has 0 radical (unpaired) electrons. The molecule has 0 saturated carbocycles. The summed E-state index contributed by atoms with van der Waals surface area (Å²) in [5, 5.41) is 3.57. The van der Waals surface area contributed by atoms with Crippen LogP contribution >= 0.6 is 0 Å². The quantitative estimate of drug-likeness (QED) is 0.427. The molecule has 0 aliphatic carbocycles. The fourth-order valence-corrected chi connectivity index (χ4v) is 4.83. The summed E-state index contributed by atoms with van der Waals surface area (Å²) >= 11 is 0. The lowest BCUT2D eigenvalue weighted by Crippen LogP contribution is -2.47. The Morgan fingerprint density at radius 1 is 0.788 bits per heavy atom. The zero-order valence-corrected chi connectivity index (χ0v) is 20.6. The predicted octanol–water partition coefficient (Wildman–Crippen LogP) is 4.72. The van der Waals surface area contributed by atoms with Gasteiger partial charge in [-0.25, -0.2) is 13.1 Å². The molecule has 4 N–H and O–H groups in total. The molecule has 0 saturated heterocycles. The number of aryl methyl sites for hydroxylation is 1. The van der Waals surface area contributed by atoms with Crippen LogP contribution in [0.2, 0.25) is 0 Å². The maximum absolute atomic E-state index is 13.4. The Morgan fingerprint density at radius 3 is 1.76 bits per heavy atom. The van der Waals surface area contributed by atoms with Gasteiger partial charge < -0.3 is 11.1 Å². The summed E-state index contributed by atoms with van der Waals surface area (Å²) in [6.07, 6.45) is 0. The number of nitrogens with two attached hydrogens (primary N) is 1. The predicted molar refractivity (Wildman–Crippen MR) is 135 cm³/mol. The number of hydrogen-bond acceptors (Lipinski definition) is 4. The third-order valence-electron chi connectivity index (χ3n) is 5.93. The first-order chi connectivity index (χ1) is 15.6. The number of rotatable bonds is 9. The summed E-state index contributed by atoms with van der Waals surface area (Å²) in [6, 6.07) is 25.5. The van der Waals surface area contributed by atoms with E-state index in [1.165, 1.54) is 0 Å². The lowest BCUT2D eigenvalue weighted by atomic mass is 9.86. The summed E-state index contributed by atoms with van der Waals surface area (Å²) < 4.78 is 29.8. The van der Waals surface area contributed by atoms with E-state index in [0.717, 1.165) is 16.7 Å². The molecule has 0 heterocycles. The second-order valence-corrected chi connectivity index (χ2v) is 11.3. The van der Waals surface area contributed by atoms with E-state index in [1.807, 2.05) is 67.6 Å². The normalized spacial score (nSPS) is 15.1. The summed E-state index contributed by atoms with van der Waals surface area (Å²) in [5.74, 6) is 0. The van der Waals surface area contributed by atoms with Crippen molar-refractivity contribution in [1.29, 1.82) is 0 Å². The van der Waals surface area contributed by atoms with Crippen LogP contribution in [0.15, 0.2) is 89.8 Å². The maximum Gasteiger partial charge on any atom is 0.241 e. The monoisotopic (exact) mass is 465 g/mol. The van der Waals surface area contributed by atoms with Crippen molar-refractivity contribution in [2.75, 3.05) is 6.54 Å². The van der Waals surface area contributed by atoms with Crippen LogP contribution in [-0.4, -0.2) is 21.0 Å². The van der Waals surface area contributed by atoms with Crippen molar-refractivity contribution < 1.29 is 8.42 Å². The average Bonchev–Trinajstić information content (AvgIpc) is 2.79. The van der Waals surface area contributed by atoms with Crippen molar-refractivity contribution >= 4 is 10.0 Å². The molecule has 0 amide bonds. The molecule has 6 heteroatoms. The number of benzene rings is 3. The van der Waals surface area contributed by atoms with Gasteiger partial charge in [-0.1, -0.05) is 99.1 Å². The largest absolute Gasteiger partial charge is 0.326 e. The Morgan fingerprint density at radius 2 is 1.27 bits per heavy atom. The second kappa shape index (κ2) is 10.6. The van der Waals surface area contributed by atoms with Crippen LogP contribution in [0, 0.1) is 12.3 Å². The Labute approximate surface area is 198 Å². The SMILES string of the molecule is Cc1ccc(S(=O)(=O)N[C@@H](c2ccccc2)[C@@H](NC[C@H](N)C(C)(C)C)c2ccccc2)cc1. The van der Waals surface area contributed by atoms with Gasteiger partial charge in [0.05, 0.1) is 17.0 Å². The van der Waals surface area contributed by atoms with Gasteiger partial charge in [-0.15, -0.1) is 0 Å². The molecule has 0 aromatic heterocycles. The first-order valence-corrected chi connectivity index (χ1v) is 12.7. The third-order valence-corrected chi connectivity index (χ3v) is 7.39. The fourth-order valence-electron chi connectivity index (χ4n) is 3.59. The van der Waals surface area contributed by atoms with E-state index in [4.69, 9.17) is 5.73 Å². The first kappa shape index (κ1) is 25.1. The van der Waals surface area contributed by atoms with E-state index < -0.39 is 16.1 Å². The molecule has 3 aromatic rings. The molecule has 0 fully saturated rings. The van der Waals surface area contributed by atoms with Crippen molar-refractivity contribution in [2.24, 2.45) is 11.1 Å². The maximum atomic E-state index is 13.4. The summed E-state index contributed by atoms with van der Waals surface area (Å²) in [7, 11) is -3.77. The van der Waals surface area contributed by atoms with Gasteiger partial charge in [-0.3, -0.25) is 0 Å². The fraction of sp³-hybridized carbons (Fsp3) is 0.333. The lowest BCUT2D eigenvalue weighted by Gasteiger charge is -2.33. The molecule has 33 heavy (non-hydrogen) atoms. The minimum absolute atomic E-state index is 0.0854. The first-order valence-electron chi connectivity index (χ1n) is 11.3. The Kier molecular flexibility index (Phi) is 8.08. The topological polar surface area (TPSA) is 84.2 Å². The van der Waals surface area contributed by atoms with E-state index in [0.29, 0.717) is 6.54 Å². The van der Waals surface area contributed by atoms with Crippen LogP contribution in [0.5, 0.6) is 0 Å². The van der Waals surface area contributed by atoms with Crippen molar-refractivity contribution in [3.8, 4) is 0 Å². The zero-order valence-electron chi connectivity index (χ0n) is 19.8. The smallest absolute Gasteiger partial charge is 0.241 e. The Balaban J connectivity index is 2.02. The van der Waals surface area contributed by atoms with Gasteiger partial charge in [0.1, 0.15) is 0 Å². The molecule has 3 rings (SSSR count). The van der Waals surface area contributed by atoms with Crippen molar-refractivity contribution in [3.05, 3.63) is 102 Å². The number of hydrogen-bond donors (Lipinski definition) is 3.